The van der Waals surface area contributed by atoms with Gasteiger partial charge in [-0.2, -0.15) is 0 Å². The molecule has 1 heterocycles. The van der Waals surface area contributed by atoms with Gasteiger partial charge in [0, 0.05) is 6.20 Å². The van der Waals surface area contributed by atoms with Gasteiger partial charge in [-0.25, -0.2) is 4.79 Å². The van der Waals surface area contributed by atoms with Crippen molar-refractivity contribution in [3.05, 3.63) is 24.0 Å². The first-order valence-corrected chi connectivity index (χ1v) is 5.73. The van der Waals surface area contributed by atoms with Gasteiger partial charge in [0.15, 0.2) is 0 Å². The lowest BCUT2D eigenvalue weighted by molar-refractivity contribution is -0.144. The second kappa shape index (κ2) is 4.64. The molecule has 6 heteroatoms. The molecular weight excluding hydrogens is 236 g/mol. The summed E-state index contributed by atoms with van der Waals surface area (Å²) >= 11 is 0. The van der Waals surface area contributed by atoms with Crippen molar-refractivity contribution in [2.24, 2.45) is 0 Å². The maximum Gasteiger partial charge on any atom is 0.329 e. The molecule has 3 N–H and O–H groups in total. The molecule has 1 aliphatic rings. The van der Waals surface area contributed by atoms with E-state index in [0.717, 1.165) is 12.8 Å². The lowest BCUT2D eigenvalue weighted by Crippen LogP contribution is -2.52. The molecule has 0 saturated heterocycles. The van der Waals surface area contributed by atoms with Gasteiger partial charge in [0.05, 0.1) is 11.8 Å². The Balaban J connectivity index is 2.18. The van der Waals surface area contributed by atoms with E-state index in [-0.39, 0.29) is 11.3 Å². The lowest BCUT2D eigenvalue weighted by Gasteiger charge is -2.25. The van der Waals surface area contributed by atoms with E-state index in [1.807, 2.05) is 0 Å². The summed E-state index contributed by atoms with van der Waals surface area (Å²) < 4.78 is 0. The van der Waals surface area contributed by atoms with Crippen LogP contribution in [0, 0.1) is 0 Å². The van der Waals surface area contributed by atoms with Gasteiger partial charge in [-0.3, -0.25) is 9.78 Å². The van der Waals surface area contributed by atoms with E-state index in [2.05, 4.69) is 10.3 Å². The highest BCUT2D eigenvalue weighted by atomic mass is 16.4. The van der Waals surface area contributed by atoms with Gasteiger partial charge in [0.25, 0.3) is 5.91 Å². The number of aromatic hydroxyl groups is 1. The normalized spacial score (nSPS) is 17.3. The van der Waals surface area contributed by atoms with Crippen molar-refractivity contribution < 1.29 is 19.8 Å². The summed E-state index contributed by atoms with van der Waals surface area (Å²) in [5.41, 5.74) is -1.02. The molecule has 1 aliphatic carbocycles. The van der Waals surface area contributed by atoms with E-state index in [1.54, 1.807) is 0 Å². The van der Waals surface area contributed by atoms with Crippen molar-refractivity contribution in [3.8, 4) is 5.75 Å². The molecule has 6 nitrogen and oxygen atoms in total. The number of hydrogen-bond donors (Lipinski definition) is 3. The Morgan fingerprint density at radius 3 is 2.50 bits per heavy atom. The Kier molecular flexibility index (Phi) is 3.18. The van der Waals surface area contributed by atoms with Crippen LogP contribution < -0.4 is 5.32 Å². The van der Waals surface area contributed by atoms with Crippen LogP contribution in [0.25, 0.3) is 0 Å². The molecule has 1 fully saturated rings. The Hall–Kier alpha value is -2.11. The van der Waals surface area contributed by atoms with Gasteiger partial charge in [0.2, 0.25) is 0 Å². The number of rotatable bonds is 3. The van der Waals surface area contributed by atoms with Crippen LogP contribution >= 0.6 is 0 Å². The minimum atomic E-state index is -1.18. The number of nitrogens with one attached hydrogen (secondary N) is 1. The average molecular weight is 250 g/mol. The number of nitrogens with zero attached hydrogens (tertiary/aromatic N) is 1. The fourth-order valence-electron chi connectivity index (χ4n) is 2.21. The number of carbonyl (C=O) groups excluding carboxylic acids is 1. The summed E-state index contributed by atoms with van der Waals surface area (Å²) in [6.45, 7) is 0. The molecule has 2 rings (SSSR count). The monoisotopic (exact) mass is 250 g/mol. The summed E-state index contributed by atoms with van der Waals surface area (Å²) in [6.07, 6.45) is 4.93. The largest absolute Gasteiger partial charge is 0.506 e. The number of carboxylic acids is 1. The van der Waals surface area contributed by atoms with Crippen LogP contribution in [0.2, 0.25) is 0 Å². The van der Waals surface area contributed by atoms with E-state index >= 15 is 0 Å². The zero-order chi connectivity index (χ0) is 13.2. The molecule has 0 spiro atoms. The molecule has 18 heavy (non-hydrogen) atoms. The first-order chi connectivity index (χ1) is 8.53. The van der Waals surface area contributed by atoms with Crippen LogP contribution in [0.5, 0.6) is 5.75 Å². The van der Waals surface area contributed by atoms with Gasteiger partial charge in [-0.05, 0) is 18.9 Å². The van der Waals surface area contributed by atoms with E-state index in [4.69, 9.17) is 0 Å². The van der Waals surface area contributed by atoms with Crippen molar-refractivity contribution in [2.75, 3.05) is 0 Å². The average Bonchev–Trinajstić information content (AvgIpc) is 2.79. The van der Waals surface area contributed by atoms with Crippen LogP contribution in [0.4, 0.5) is 0 Å². The van der Waals surface area contributed by atoms with E-state index < -0.39 is 17.4 Å². The van der Waals surface area contributed by atoms with Crippen LogP contribution in [0.15, 0.2) is 18.5 Å². The number of carboxylic acid groups (broad SMARTS) is 1. The number of hydrogen-bond acceptors (Lipinski definition) is 4. The zero-order valence-corrected chi connectivity index (χ0v) is 9.72. The Bertz CT molecular complexity index is 481. The van der Waals surface area contributed by atoms with Gasteiger partial charge in [-0.15, -0.1) is 0 Å². The SMILES string of the molecule is O=C(NC1(C(=O)O)CCCC1)c1cncc(O)c1. The molecule has 0 bridgehead atoms. The summed E-state index contributed by atoms with van der Waals surface area (Å²) in [7, 11) is 0. The maximum absolute atomic E-state index is 11.9. The van der Waals surface area contributed by atoms with Crippen molar-refractivity contribution in [1.82, 2.24) is 10.3 Å². The highest BCUT2D eigenvalue weighted by Gasteiger charge is 2.42. The molecule has 0 radical (unpaired) electrons. The van der Waals surface area contributed by atoms with Crippen LogP contribution in [0.3, 0.4) is 0 Å². The zero-order valence-electron chi connectivity index (χ0n) is 9.72. The van der Waals surface area contributed by atoms with Crippen molar-refractivity contribution in [2.45, 2.75) is 31.2 Å². The second-order valence-corrected chi connectivity index (χ2v) is 4.48. The fourth-order valence-corrected chi connectivity index (χ4v) is 2.21. The molecule has 1 amide bonds. The third-order valence-corrected chi connectivity index (χ3v) is 3.21. The third kappa shape index (κ3) is 2.27. The molecule has 0 aliphatic heterocycles. The molecule has 0 unspecified atom stereocenters. The number of aromatic nitrogens is 1. The van der Waals surface area contributed by atoms with E-state index in [9.17, 15) is 19.8 Å². The Morgan fingerprint density at radius 2 is 1.94 bits per heavy atom. The topological polar surface area (TPSA) is 99.5 Å². The highest BCUT2D eigenvalue weighted by molar-refractivity contribution is 5.98. The maximum atomic E-state index is 11.9. The van der Waals surface area contributed by atoms with E-state index in [0.29, 0.717) is 12.8 Å². The number of aliphatic carboxylic acids is 1. The molecule has 1 aromatic heterocycles. The lowest BCUT2D eigenvalue weighted by atomic mass is 9.97. The number of amides is 1. The standard InChI is InChI=1S/C12H14N2O4/c15-9-5-8(6-13-7-9)10(16)14-12(11(17)18)3-1-2-4-12/h5-7,15H,1-4H2,(H,14,16)(H,17,18). The van der Waals surface area contributed by atoms with Crippen molar-refractivity contribution >= 4 is 11.9 Å². The van der Waals surface area contributed by atoms with Gasteiger partial charge < -0.3 is 15.5 Å². The fraction of sp³-hybridized carbons (Fsp3) is 0.417. The van der Waals surface area contributed by atoms with Gasteiger partial charge >= 0.3 is 5.97 Å². The van der Waals surface area contributed by atoms with Gasteiger partial charge in [-0.1, -0.05) is 12.8 Å². The molecule has 0 aromatic carbocycles. The number of carbonyl (C=O) groups is 2. The first kappa shape index (κ1) is 12.3. The number of pyridine rings is 1. The van der Waals surface area contributed by atoms with Crippen molar-refractivity contribution in [3.63, 3.8) is 0 Å². The summed E-state index contributed by atoms with van der Waals surface area (Å²) in [6, 6.07) is 1.26. The summed E-state index contributed by atoms with van der Waals surface area (Å²) in [4.78, 5) is 26.9. The van der Waals surface area contributed by atoms with E-state index in [1.165, 1.54) is 18.5 Å². The quantitative estimate of drug-likeness (QED) is 0.740. The molecule has 0 atom stereocenters. The molecule has 96 valence electrons. The van der Waals surface area contributed by atoms with Crippen LogP contribution in [-0.4, -0.2) is 32.6 Å². The predicted octanol–water partition coefficient (Wildman–Crippen LogP) is 0.914. The third-order valence-electron chi connectivity index (χ3n) is 3.21. The predicted molar refractivity (Wildman–Crippen MR) is 62.2 cm³/mol. The van der Waals surface area contributed by atoms with Gasteiger partial charge in [0.1, 0.15) is 11.3 Å². The summed E-state index contributed by atoms with van der Waals surface area (Å²) in [5.74, 6) is -1.66. The summed E-state index contributed by atoms with van der Waals surface area (Å²) in [5, 5.41) is 21.0. The Labute approximate surface area is 104 Å². The smallest absolute Gasteiger partial charge is 0.329 e. The molecule has 1 aromatic rings. The minimum absolute atomic E-state index is 0.126. The minimum Gasteiger partial charge on any atom is -0.506 e. The highest BCUT2D eigenvalue weighted by Crippen LogP contribution is 2.30. The second-order valence-electron chi connectivity index (χ2n) is 4.48. The van der Waals surface area contributed by atoms with Crippen LogP contribution in [-0.2, 0) is 4.79 Å². The first-order valence-electron chi connectivity index (χ1n) is 5.73. The molecular formula is C12H14N2O4. The molecule has 1 saturated carbocycles. The van der Waals surface area contributed by atoms with Crippen LogP contribution in [0.1, 0.15) is 36.0 Å². The Morgan fingerprint density at radius 1 is 1.28 bits per heavy atom. The van der Waals surface area contributed by atoms with Crippen molar-refractivity contribution in [1.29, 1.82) is 0 Å².